The minimum Gasteiger partial charge on any atom is -0.370 e. The van der Waals surface area contributed by atoms with Crippen LogP contribution in [0.2, 0.25) is 0 Å². The monoisotopic (exact) mass is 158 g/mol. The Bertz CT molecular complexity index is 158. The lowest BCUT2D eigenvalue weighted by atomic mass is 10.0. The molecular weight excluding hydrogens is 146 g/mol. The van der Waals surface area contributed by atoms with Crippen LogP contribution in [0.3, 0.4) is 0 Å². The highest BCUT2D eigenvalue weighted by atomic mass is 16.2. The van der Waals surface area contributed by atoms with Crippen molar-refractivity contribution in [3.63, 3.8) is 0 Å². The summed E-state index contributed by atoms with van der Waals surface area (Å²) in [6.45, 7) is 1.71. The van der Waals surface area contributed by atoms with Crippen molar-refractivity contribution in [3.8, 4) is 0 Å². The predicted octanol–water partition coefficient (Wildman–Crippen LogP) is -1.31. The maximum absolute atomic E-state index is 10.6. The molecule has 63 valence electrons. The van der Waals surface area contributed by atoms with Gasteiger partial charge in [0.1, 0.15) is 0 Å². The molecule has 0 aromatic heterocycles. The van der Waals surface area contributed by atoms with Crippen molar-refractivity contribution in [3.05, 3.63) is 6.42 Å². The number of primary amides is 1. The molecule has 0 aliphatic heterocycles. The van der Waals surface area contributed by atoms with E-state index in [-0.39, 0.29) is 12.3 Å². The first-order valence-corrected chi connectivity index (χ1v) is 3.20. The van der Waals surface area contributed by atoms with Gasteiger partial charge in [0.2, 0.25) is 11.8 Å². The predicted molar refractivity (Wildman–Crippen MR) is 39.6 cm³/mol. The molecule has 0 aliphatic carbocycles. The Hall–Kier alpha value is -1.10. The highest BCUT2D eigenvalue weighted by Gasteiger charge is 2.10. The van der Waals surface area contributed by atoms with Gasteiger partial charge in [0.25, 0.3) is 0 Å². The highest BCUT2D eigenvalue weighted by molar-refractivity contribution is 5.85. The summed E-state index contributed by atoms with van der Waals surface area (Å²) in [4.78, 5) is 20.9. The second-order valence-corrected chi connectivity index (χ2v) is 2.32. The Kier molecular flexibility index (Phi) is 4.21. The summed E-state index contributed by atoms with van der Waals surface area (Å²) < 4.78 is 0. The number of amides is 2. The fourth-order valence-electron chi connectivity index (χ4n) is 0.683. The van der Waals surface area contributed by atoms with E-state index >= 15 is 0 Å². The van der Waals surface area contributed by atoms with Crippen LogP contribution in [-0.2, 0) is 9.59 Å². The molecular formula is C6H12N3O2. The van der Waals surface area contributed by atoms with E-state index in [4.69, 9.17) is 11.6 Å². The third kappa shape index (κ3) is 5.35. The third-order valence-electron chi connectivity index (χ3n) is 1.10. The second-order valence-electron chi connectivity index (χ2n) is 2.32. The number of hydrazine groups is 1. The molecule has 0 aliphatic rings. The van der Waals surface area contributed by atoms with Gasteiger partial charge in [-0.3, -0.25) is 15.0 Å². The quantitative estimate of drug-likeness (QED) is 0.269. The average Bonchev–Trinajstić information content (AvgIpc) is 1.85. The van der Waals surface area contributed by atoms with Gasteiger partial charge in [-0.15, -0.1) is 0 Å². The van der Waals surface area contributed by atoms with E-state index in [0.717, 1.165) is 0 Å². The standard InChI is InChI=1S/C6H12N3O2/c1-4(2-5(7)10)3-6(11)9-8/h3-4H,2,8H2,1H3,(H2,7,10)(H,9,11)/t4-/m1/s1. The lowest BCUT2D eigenvalue weighted by Crippen LogP contribution is -2.32. The Labute approximate surface area is 65.1 Å². The largest absolute Gasteiger partial charge is 0.370 e. The van der Waals surface area contributed by atoms with Gasteiger partial charge in [0.05, 0.1) is 6.42 Å². The Balaban J connectivity index is 3.60. The number of hydrogen-bond acceptors (Lipinski definition) is 3. The molecule has 0 unspecified atom stereocenters. The number of nitrogens with one attached hydrogen (secondary N) is 1. The van der Waals surface area contributed by atoms with Crippen LogP contribution < -0.4 is 17.0 Å². The number of hydrogen-bond donors (Lipinski definition) is 3. The minimum atomic E-state index is -0.432. The lowest BCUT2D eigenvalue weighted by Gasteiger charge is -2.05. The van der Waals surface area contributed by atoms with E-state index in [1.807, 2.05) is 5.43 Å². The molecule has 0 rings (SSSR count). The van der Waals surface area contributed by atoms with Gasteiger partial charge in [0, 0.05) is 6.42 Å². The summed E-state index contributed by atoms with van der Waals surface area (Å²) in [5.74, 6) is 3.80. The van der Waals surface area contributed by atoms with E-state index in [9.17, 15) is 9.59 Å². The van der Waals surface area contributed by atoms with Crippen LogP contribution >= 0.6 is 0 Å². The molecule has 0 heterocycles. The molecule has 11 heavy (non-hydrogen) atoms. The molecule has 5 heteroatoms. The number of carbonyl (C=O) groups is 2. The number of nitrogens with two attached hydrogens (primary N) is 2. The molecule has 0 aromatic carbocycles. The van der Waals surface area contributed by atoms with Gasteiger partial charge in [-0.1, -0.05) is 6.92 Å². The van der Waals surface area contributed by atoms with Gasteiger partial charge >= 0.3 is 0 Å². The minimum absolute atomic E-state index is 0.160. The summed E-state index contributed by atoms with van der Waals surface area (Å²) in [6.07, 6.45) is 1.47. The lowest BCUT2D eigenvalue weighted by molar-refractivity contribution is -0.119. The normalized spacial score (nSPS) is 12.2. The Morgan fingerprint density at radius 1 is 1.64 bits per heavy atom. The molecule has 0 aromatic rings. The van der Waals surface area contributed by atoms with Crippen molar-refractivity contribution >= 4 is 11.8 Å². The molecule has 0 saturated heterocycles. The molecule has 5 nitrogen and oxygen atoms in total. The van der Waals surface area contributed by atoms with Crippen molar-refractivity contribution in [1.29, 1.82) is 0 Å². The number of rotatable bonds is 4. The first-order chi connectivity index (χ1) is 5.06. The molecule has 0 fully saturated rings. The van der Waals surface area contributed by atoms with E-state index in [1.165, 1.54) is 6.42 Å². The van der Waals surface area contributed by atoms with Gasteiger partial charge in [-0.05, 0) is 5.92 Å². The molecule has 0 bridgehead atoms. The van der Waals surface area contributed by atoms with Crippen molar-refractivity contribution in [1.82, 2.24) is 5.43 Å². The summed E-state index contributed by atoms with van der Waals surface area (Å²) in [5.41, 5.74) is 6.81. The van der Waals surface area contributed by atoms with Crippen molar-refractivity contribution < 1.29 is 9.59 Å². The molecule has 5 N–H and O–H groups in total. The zero-order valence-corrected chi connectivity index (χ0v) is 6.33. The molecule has 0 saturated carbocycles. The second kappa shape index (κ2) is 4.68. The van der Waals surface area contributed by atoms with E-state index in [0.29, 0.717) is 0 Å². The van der Waals surface area contributed by atoms with Gasteiger partial charge in [0.15, 0.2) is 0 Å². The average molecular weight is 158 g/mol. The SMILES string of the molecule is C[C@@H]([CH]C(=O)NN)CC(N)=O. The zero-order valence-electron chi connectivity index (χ0n) is 6.33. The summed E-state index contributed by atoms with van der Waals surface area (Å²) >= 11 is 0. The molecule has 0 spiro atoms. The van der Waals surface area contributed by atoms with Gasteiger partial charge in [-0.25, -0.2) is 5.84 Å². The van der Waals surface area contributed by atoms with E-state index in [1.54, 1.807) is 6.92 Å². The first kappa shape index (κ1) is 9.90. The third-order valence-corrected chi connectivity index (χ3v) is 1.10. The molecule has 2 amide bonds. The molecule has 1 atom stereocenters. The first-order valence-electron chi connectivity index (χ1n) is 3.20. The van der Waals surface area contributed by atoms with E-state index < -0.39 is 11.8 Å². The Morgan fingerprint density at radius 3 is 2.55 bits per heavy atom. The van der Waals surface area contributed by atoms with Crippen molar-refractivity contribution in [2.24, 2.45) is 17.5 Å². The van der Waals surface area contributed by atoms with Crippen LogP contribution in [0.25, 0.3) is 0 Å². The van der Waals surface area contributed by atoms with Crippen LogP contribution in [0.4, 0.5) is 0 Å². The highest BCUT2D eigenvalue weighted by Crippen LogP contribution is 2.04. The van der Waals surface area contributed by atoms with Crippen LogP contribution in [0.1, 0.15) is 13.3 Å². The zero-order chi connectivity index (χ0) is 8.85. The maximum Gasteiger partial charge on any atom is 0.238 e. The Morgan fingerprint density at radius 2 is 2.18 bits per heavy atom. The van der Waals surface area contributed by atoms with Crippen LogP contribution in [0.15, 0.2) is 0 Å². The summed E-state index contributed by atoms with van der Waals surface area (Å²) in [7, 11) is 0. The fourth-order valence-corrected chi connectivity index (χ4v) is 0.683. The smallest absolute Gasteiger partial charge is 0.238 e. The van der Waals surface area contributed by atoms with Crippen LogP contribution in [-0.4, -0.2) is 11.8 Å². The summed E-state index contributed by atoms with van der Waals surface area (Å²) in [5, 5.41) is 0. The van der Waals surface area contributed by atoms with Crippen LogP contribution in [0.5, 0.6) is 0 Å². The summed E-state index contributed by atoms with van der Waals surface area (Å²) in [6, 6.07) is 0. The molecule has 1 radical (unpaired) electrons. The fraction of sp³-hybridized carbons (Fsp3) is 0.500. The topological polar surface area (TPSA) is 98.2 Å². The van der Waals surface area contributed by atoms with Crippen molar-refractivity contribution in [2.45, 2.75) is 13.3 Å². The maximum atomic E-state index is 10.6. The van der Waals surface area contributed by atoms with Gasteiger partial charge in [-0.2, -0.15) is 0 Å². The van der Waals surface area contributed by atoms with Crippen LogP contribution in [0, 0.1) is 12.3 Å². The van der Waals surface area contributed by atoms with E-state index in [2.05, 4.69) is 0 Å². The van der Waals surface area contributed by atoms with Crippen molar-refractivity contribution in [2.75, 3.05) is 0 Å². The number of carbonyl (C=O) groups excluding carboxylic acids is 2. The van der Waals surface area contributed by atoms with Gasteiger partial charge < -0.3 is 5.73 Å².